The molecule has 19 heavy (non-hydrogen) atoms. The molecule has 1 atom stereocenters. The molecule has 1 heterocycles. The van der Waals surface area contributed by atoms with Gasteiger partial charge in [0.15, 0.2) is 0 Å². The molecule has 5 nitrogen and oxygen atoms in total. The first kappa shape index (κ1) is 13.5. The summed E-state index contributed by atoms with van der Waals surface area (Å²) in [5.74, 6) is 0.500. The molecule has 0 aliphatic heterocycles. The molecular formula is C13H15ClN4O. The predicted molar refractivity (Wildman–Crippen MR) is 74.0 cm³/mol. The second-order valence-corrected chi connectivity index (χ2v) is 4.85. The maximum Gasteiger partial charge on any atom is 0.246 e. The number of aryl methyl sites for hydroxylation is 1. The minimum Gasteiger partial charge on any atom is -0.291 e. The third-order valence-corrected chi connectivity index (χ3v) is 2.80. The molecule has 0 radical (unpaired) electrons. The Morgan fingerprint density at radius 1 is 1.42 bits per heavy atom. The normalized spacial score (nSPS) is 12.2. The van der Waals surface area contributed by atoms with Crippen molar-refractivity contribution < 1.29 is 4.79 Å². The van der Waals surface area contributed by atoms with Crippen molar-refractivity contribution in [1.82, 2.24) is 14.8 Å². The van der Waals surface area contributed by atoms with Gasteiger partial charge in [-0.3, -0.25) is 9.69 Å². The van der Waals surface area contributed by atoms with Crippen LogP contribution in [0.15, 0.2) is 36.7 Å². The molecule has 2 aromatic rings. The van der Waals surface area contributed by atoms with Crippen molar-refractivity contribution in [3.05, 3.63) is 42.5 Å². The van der Waals surface area contributed by atoms with Gasteiger partial charge in [0, 0.05) is 5.69 Å². The molecule has 0 saturated heterocycles. The van der Waals surface area contributed by atoms with Crippen LogP contribution in [0, 0.1) is 6.92 Å². The van der Waals surface area contributed by atoms with E-state index >= 15 is 0 Å². The summed E-state index contributed by atoms with van der Waals surface area (Å²) in [7, 11) is 0. The number of benzene rings is 1. The number of anilines is 1. The fourth-order valence-electron chi connectivity index (χ4n) is 1.70. The number of carbonyl (C=O) groups is 1. The molecule has 6 heteroatoms. The summed E-state index contributed by atoms with van der Waals surface area (Å²) in [5, 5.41) is 3.59. The molecule has 1 amide bonds. The quantitative estimate of drug-likeness (QED) is 0.806. The van der Waals surface area contributed by atoms with Crippen molar-refractivity contribution in [1.29, 1.82) is 0 Å². The van der Waals surface area contributed by atoms with Crippen LogP contribution in [-0.4, -0.2) is 26.0 Å². The van der Waals surface area contributed by atoms with E-state index in [4.69, 9.17) is 11.6 Å². The summed E-state index contributed by atoms with van der Waals surface area (Å²) < 4.78 is 1.61. The minimum atomic E-state index is -0.593. The van der Waals surface area contributed by atoms with Gasteiger partial charge in [-0.25, -0.2) is 9.67 Å². The molecule has 0 bridgehead atoms. The molecule has 2 rings (SSSR count). The van der Waals surface area contributed by atoms with Crippen molar-refractivity contribution in [2.75, 3.05) is 4.90 Å². The van der Waals surface area contributed by atoms with Crippen LogP contribution in [0.3, 0.4) is 0 Å². The Hall–Kier alpha value is -1.88. The molecule has 100 valence electrons. The largest absolute Gasteiger partial charge is 0.291 e. The van der Waals surface area contributed by atoms with Gasteiger partial charge in [0.1, 0.15) is 24.2 Å². The summed E-state index contributed by atoms with van der Waals surface area (Å²) in [6, 6.07) is 9.38. The first-order chi connectivity index (χ1) is 9.08. The van der Waals surface area contributed by atoms with Crippen LogP contribution in [-0.2, 0) is 11.5 Å². The van der Waals surface area contributed by atoms with Crippen molar-refractivity contribution in [3.63, 3.8) is 0 Å². The van der Waals surface area contributed by atoms with E-state index < -0.39 is 5.38 Å². The maximum atomic E-state index is 12.2. The lowest BCUT2D eigenvalue weighted by Crippen LogP contribution is -2.37. The summed E-state index contributed by atoms with van der Waals surface area (Å²) >= 11 is 5.91. The molecule has 0 spiro atoms. The van der Waals surface area contributed by atoms with Crippen molar-refractivity contribution >= 4 is 23.2 Å². The first-order valence-corrected chi connectivity index (χ1v) is 6.38. The number of carbonyl (C=O) groups excluding carboxylic acids is 1. The second kappa shape index (κ2) is 5.84. The lowest BCUT2D eigenvalue weighted by Gasteiger charge is -2.23. The van der Waals surface area contributed by atoms with Crippen LogP contribution in [0.2, 0.25) is 0 Å². The highest BCUT2D eigenvalue weighted by molar-refractivity contribution is 6.32. The van der Waals surface area contributed by atoms with E-state index in [2.05, 4.69) is 10.1 Å². The Morgan fingerprint density at radius 2 is 2.11 bits per heavy atom. The second-order valence-electron chi connectivity index (χ2n) is 4.19. The van der Waals surface area contributed by atoms with Crippen LogP contribution in [0.25, 0.3) is 0 Å². The Morgan fingerprint density at radius 3 is 2.63 bits per heavy atom. The third kappa shape index (κ3) is 3.32. The number of para-hydroxylation sites is 1. The number of aromatic nitrogens is 3. The number of hydrogen-bond donors (Lipinski definition) is 0. The molecule has 0 fully saturated rings. The Kier molecular flexibility index (Phi) is 4.16. The molecule has 0 saturated carbocycles. The number of alkyl halides is 1. The van der Waals surface area contributed by atoms with Gasteiger partial charge in [0.2, 0.25) is 5.91 Å². The summed E-state index contributed by atoms with van der Waals surface area (Å²) in [5.41, 5.74) is 0.785. The number of rotatable bonds is 4. The van der Waals surface area contributed by atoms with E-state index in [1.54, 1.807) is 29.8 Å². The highest BCUT2D eigenvalue weighted by atomic mass is 35.5. The Bertz CT molecular complexity index is 553. The molecule has 1 aromatic carbocycles. The maximum absolute atomic E-state index is 12.2. The molecular weight excluding hydrogens is 264 g/mol. The van der Waals surface area contributed by atoms with Gasteiger partial charge < -0.3 is 0 Å². The van der Waals surface area contributed by atoms with E-state index in [1.807, 2.05) is 30.3 Å². The SMILES string of the molecule is Cc1ncn(CN(C(=O)C(C)Cl)c2ccccc2)n1. The van der Waals surface area contributed by atoms with Gasteiger partial charge in [-0.2, -0.15) is 5.10 Å². The number of halogens is 1. The molecule has 1 unspecified atom stereocenters. The first-order valence-electron chi connectivity index (χ1n) is 5.94. The van der Waals surface area contributed by atoms with Gasteiger partial charge >= 0.3 is 0 Å². The average Bonchev–Trinajstić information content (AvgIpc) is 2.81. The van der Waals surface area contributed by atoms with Crippen LogP contribution in [0.5, 0.6) is 0 Å². The zero-order valence-corrected chi connectivity index (χ0v) is 11.6. The van der Waals surface area contributed by atoms with Gasteiger partial charge in [-0.1, -0.05) is 18.2 Å². The van der Waals surface area contributed by atoms with Crippen molar-refractivity contribution in [2.24, 2.45) is 0 Å². The smallest absolute Gasteiger partial charge is 0.246 e. The standard InChI is InChI=1S/C13H15ClN4O/c1-10(14)13(19)18(12-6-4-3-5-7-12)9-17-8-15-11(2)16-17/h3-8,10H,9H2,1-2H3. The van der Waals surface area contributed by atoms with E-state index in [0.717, 1.165) is 5.69 Å². The molecule has 0 aliphatic carbocycles. The van der Waals surface area contributed by atoms with E-state index in [9.17, 15) is 4.79 Å². The molecule has 0 aliphatic rings. The zero-order chi connectivity index (χ0) is 13.8. The van der Waals surface area contributed by atoms with Gasteiger partial charge in [0.25, 0.3) is 0 Å². The average molecular weight is 279 g/mol. The lowest BCUT2D eigenvalue weighted by atomic mass is 10.3. The highest BCUT2D eigenvalue weighted by Gasteiger charge is 2.20. The lowest BCUT2D eigenvalue weighted by molar-refractivity contribution is -0.118. The van der Waals surface area contributed by atoms with Gasteiger partial charge in [0.05, 0.1) is 0 Å². The van der Waals surface area contributed by atoms with Gasteiger partial charge in [-0.15, -0.1) is 11.6 Å². The predicted octanol–water partition coefficient (Wildman–Crippen LogP) is 2.20. The fourth-order valence-corrected chi connectivity index (χ4v) is 1.82. The van der Waals surface area contributed by atoms with E-state index in [1.165, 1.54) is 0 Å². The fraction of sp³-hybridized carbons (Fsp3) is 0.308. The van der Waals surface area contributed by atoms with E-state index in [-0.39, 0.29) is 5.91 Å². The summed E-state index contributed by atoms with van der Waals surface area (Å²) in [6.07, 6.45) is 1.59. The molecule has 1 aromatic heterocycles. The number of nitrogens with zero attached hydrogens (tertiary/aromatic N) is 4. The van der Waals surface area contributed by atoms with Crippen LogP contribution in [0.1, 0.15) is 12.7 Å². The summed E-state index contributed by atoms with van der Waals surface area (Å²) in [4.78, 5) is 17.8. The summed E-state index contributed by atoms with van der Waals surface area (Å²) in [6.45, 7) is 3.75. The van der Waals surface area contributed by atoms with Gasteiger partial charge in [-0.05, 0) is 26.0 Å². The number of amides is 1. The van der Waals surface area contributed by atoms with Crippen molar-refractivity contribution in [3.8, 4) is 0 Å². The zero-order valence-electron chi connectivity index (χ0n) is 10.8. The van der Waals surface area contributed by atoms with Crippen LogP contribution in [0.4, 0.5) is 5.69 Å². The minimum absolute atomic E-state index is 0.166. The molecule has 0 N–H and O–H groups in total. The van der Waals surface area contributed by atoms with Crippen LogP contribution < -0.4 is 4.90 Å². The Labute approximate surface area is 116 Å². The van der Waals surface area contributed by atoms with E-state index in [0.29, 0.717) is 12.5 Å². The Balaban J connectivity index is 2.27. The van der Waals surface area contributed by atoms with Crippen LogP contribution >= 0.6 is 11.6 Å². The number of hydrogen-bond acceptors (Lipinski definition) is 3. The topological polar surface area (TPSA) is 51.0 Å². The highest BCUT2D eigenvalue weighted by Crippen LogP contribution is 2.17. The van der Waals surface area contributed by atoms with Crippen molar-refractivity contribution in [2.45, 2.75) is 25.9 Å². The third-order valence-electron chi connectivity index (χ3n) is 2.61. The monoisotopic (exact) mass is 278 g/mol.